The van der Waals surface area contributed by atoms with Gasteiger partial charge in [-0.1, -0.05) is 0 Å². The number of pyridine rings is 1. The molecule has 1 N–H and O–H groups in total. The van der Waals surface area contributed by atoms with Crippen molar-refractivity contribution in [3.8, 4) is 17.6 Å². The number of aromatic nitrogens is 1. The van der Waals surface area contributed by atoms with E-state index in [2.05, 4.69) is 21.6 Å². The first-order valence-electron chi connectivity index (χ1n) is 4.06. The van der Waals surface area contributed by atoms with Crippen molar-refractivity contribution in [1.82, 2.24) is 4.98 Å². The molecule has 0 aliphatic heterocycles. The molecule has 1 rings (SSSR count). The number of ether oxygens (including phenoxy) is 1. The molecule has 0 saturated heterocycles. The van der Waals surface area contributed by atoms with Gasteiger partial charge in [0.1, 0.15) is 5.75 Å². The van der Waals surface area contributed by atoms with Crippen molar-refractivity contribution in [1.29, 1.82) is 0 Å². The highest BCUT2D eigenvalue weighted by Gasteiger charge is 1.97. The number of carbonyl (C=O) groups excluding carboxylic acids is 1. The van der Waals surface area contributed by atoms with Gasteiger partial charge in [-0.2, -0.15) is 0 Å². The number of carbonyl (C=O) groups is 1. The minimum Gasteiger partial charge on any atom is -0.505 e. The number of hydrogen-bond donors (Lipinski definition) is 1. The van der Waals surface area contributed by atoms with E-state index in [1.54, 1.807) is 13.0 Å². The minimum absolute atomic E-state index is 0.0516. The zero-order chi connectivity index (χ0) is 10.4. The number of esters is 1. The topological polar surface area (TPSA) is 59.4 Å². The Morgan fingerprint density at radius 3 is 3.14 bits per heavy atom. The van der Waals surface area contributed by atoms with Crippen LogP contribution in [0.5, 0.6) is 5.75 Å². The molecular weight excluding hydrogens is 182 g/mol. The Bertz CT molecular complexity index is 390. The molecule has 0 bridgehead atoms. The van der Waals surface area contributed by atoms with Crippen LogP contribution in [-0.2, 0) is 9.53 Å². The molecule has 0 spiro atoms. The van der Waals surface area contributed by atoms with Crippen molar-refractivity contribution in [2.75, 3.05) is 6.61 Å². The molecule has 0 aliphatic carbocycles. The molecule has 1 aromatic rings. The van der Waals surface area contributed by atoms with Crippen molar-refractivity contribution in [3.05, 3.63) is 24.0 Å². The van der Waals surface area contributed by atoms with E-state index in [-0.39, 0.29) is 18.1 Å². The van der Waals surface area contributed by atoms with E-state index in [0.29, 0.717) is 0 Å². The Balaban J connectivity index is 2.77. The molecule has 0 amide bonds. The molecule has 0 saturated carbocycles. The second kappa shape index (κ2) is 4.87. The van der Waals surface area contributed by atoms with E-state index in [4.69, 9.17) is 0 Å². The van der Waals surface area contributed by atoms with Crippen molar-refractivity contribution in [2.45, 2.75) is 6.92 Å². The predicted molar refractivity (Wildman–Crippen MR) is 49.4 cm³/mol. The summed E-state index contributed by atoms with van der Waals surface area (Å²) in [5.74, 6) is 3.94. The van der Waals surface area contributed by atoms with Gasteiger partial charge in [0.25, 0.3) is 0 Å². The van der Waals surface area contributed by atoms with Gasteiger partial charge < -0.3 is 9.84 Å². The standard InChI is InChI=1S/C10H9NO3/c1-2-14-10(13)6-5-8-9(12)4-3-7-11-8/h3-4,7,12H,2H2,1H3. The third-order valence-corrected chi connectivity index (χ3v) is 1.34. The van der Waals surface area contributed by atoms with Crippen molar-refractivity contribution in [3.63, 3.8) is 0 Å². The van der Waals surface area contributed by atoms with Crippen LogP contribution in [0.4, 0.5) is 0 Å². The summed E-state index contributed by atoms with van der Waals surface area (Å²) >= 11 is 0. The van der Waals surface area contributed by atoms with Gasteiger partial charge in [-0.25, -0.2) is 9.78 Å². The highest BCUT2D eigenvalue weighted by atomic mass is 16.5. The fourth-order valence-corrected chi connectivity index (χ4v) is 0.771. The Morgan fingerprint density at radius 2 is 2.50 bits per heavy atom. The predicted octanol–water partition coefficient (Wildman–Crippen LogP) is 0.702. The second-order valence-corrected chi connectivity index (χ2v) is 2.34. The van der Waals surface area contributed by atoms with Gasteiger partial charge in [0.05, 0.1) is 6.61 Å². The van der Waals surface area contributed by atoms with Gasteiger partial charge >= 0.3 is 5.97 Å². The third-order valence-electron chi connectivity index (χ3n) is 1.34. The van der Waals surface area contributed by atoms with E-state index in [1.165, 1.54) is 12.3 Å². The highest BCUT2D eigenvalue weighted by molar-refractivity contribution is 5.89. The van der Waals surface area contributed by atoms with E-state index < -0.39 is 5.97 Å². The average Bonchev–Trinajstić information content (AvgIpc) is 2.17. The summed E-state index contributed by atoms with van der Waals surface area (Å²) < 4.78 is 4.58. The molecule has 0 fully saturated rings. The average molecular weight is 191 g/mol. The maximum absolute atomic E-state index is 10.8. The van der Waals surface area contributed by atoms with E-state index in [1.807, 2.05) is 0 Å². The lowest BCUT2D eigenvalue weighted by molar-refractivity contribution is -0.136. The van der Waals surface area contributed by atoms with E-state index in [0.717, 1.165) is 0 Å². The second-order valence-electron chi connectivity index (χ2n) is 2.34. The van der Waals surface area contributed by atoms with Gasteiger partial charge in [-0.15, -0.1) is 0 Å². The first kappa shape index (κ1) is 10.1. The first-order chi connectivity index (χ1) is 6.74. The molecule has 1 aromatic heterocycles. The van der Waals surface area contributed by atoms with Crippen LogP contribution in [0.25, 0.3) is 0 Å². The van der Waals surface area contributed by atoms with Crippen LogP contribution < -0.4 is 0 Å². The summed E-state index contributed by atoms with van der Waals surface area (Å²) in [6, 6.07) is 3.02. The maximum atomic E-state index is 10.8. The molecule has 0 aliphatic rings. The molecule has 72 valence electrons. The van der Waals surface area contributed by atoms with Gasteiger partial charge in [0, 0.05) is 12.1 Å². The smallest absolute Gasteiger partial charge is 0.384 e. The summed E-state index contributed by atoms with van der Waals surface area (Å²) in [7, 11) is 0. The molecular formula is C10H9NO3. The zero-order valence-corrected chi connectivity index (χ0v) is 7.65. The summed E-state index contributed by atoms with van der Waals surface area (Å²) in [5, 5.41) is 9.24. The highest BCUT2D eigenvalue weighted by Crippen LogP contribution is 2.10. The van der Waals surface area contributed by atoms with Crippen LogP contribution in [0.2, 0.25) is 0 Å². The summed E-state index contributed by atoms with van der Waals surface area (Å²) in [4.78, 5) is 14.6. The van der Waals surface area contributed by atoms with Crippen LogP contribution in [0.15, 0.2) is 18.3 Å². The monoisotopic (exact) mass is 191 g/mol. The zero-order valence-electron chi connectivity index (χ0n) is 7.65. The lowest BCUT2D eigenvalue weighted by atomic mass is 10.3. The lowest BCUT2D eigenvalue weighted by Crippen LogP contribution is -1.99. The molecule has 0 unspecified atom stereocenters. The summed E-state index contributed by atoms with van der Waals surface area (Å²) in [5.41, 5.74) is 0.167. The summed E-state index contributed by atoms with van der Waals surface area (Å²) in [6.07, 6.45) is 1.48. The number of nitrogens with zero attached hydrogens (tertiary/aromatic N) is 1. The van der Waals surface area contributed by atoms with Gasteiger partial charge in [0.2, 0.25) is 0 Å². The normalized spacial score (nSPS) is 8.64. The molecule has 0 radical (unpaired) electrons. The third kappa shape index (κ3) is 2.79. The summed E-state index contributed by atoms with van der Waals surface area (Å²) in [6.45, 7) is 1.97. The molecule has 4 nitrogen and oxygen atoms in total. The van der Waals surface area contributed by atoms with Gasteiger partial charge in [0.15, 0.2) is 5.69 Å². The number of rotatable bonds is 1. The fourth-order valence-electron chi connectivity index (χ4n) is 0.771. The quantitative estimate of drug-likeness (QED) is 0.524. The number of aromatic hydroxyl groups is 1. The van der Waals surface area contributed by atoms with Crippen LogP contribution in [-0.4, -0.2) is 22.7 Å². The van der Waals surface area contributed by atoms with Crippen LogP contribution in [0.3, 0.4) is 0 Å². The van der Waals surface area contributed by atoms with Gasteiger partial charge in [-0.3, -0.25) is 0 Å². The fraction of sp³-hybridized carbons (Fsp3) is 0.200. The van der Waals surface area contributed by atoms with Crippen molar-refractivity contribution >= 4 is 5.97 Å². The minimum atomic E-state index is -0.627. The van der Waals surface area contributed by atoms with E-state index >= 15 is 0 Å². The molecule has 1 heterocycles. The first-order valence-corrected chi connectivity index (χ1v) is 4.06. The Kier molecular flexibility index (Phi) is 3.50. The Hall–Kier alpha value is -2.02. The Labute approximate surface area is 81.5 Å². The molecule has 4 heteroatoms. The van der Waals surface area contributed by atoms with Crippen LogP contribution in [0, 0.1) is 11.8 Å². The van der Waals surface area contributed by atoms with Gasteiger partial charge in [-0.05, 0) is 25.0 Å². The van der Waals surface area contributed by atoms with Crippen molar-refractivity contribution < 1.29 is 14.6 Å². The van der Waals surface area contributed by atoms with Crippen molar-refractivity contribution in [2.24, 2.45) is 0 Å². The molecule has 0 atom stereocenters. The number of hydrogen-bond acceptors (Lipinski definition) is 4. The SMILES string of the molecule is CCOC(=O)C#Cc1ncccc1O. The lowest BCUT2D eigenvalue weighted by Gasteiger charge is -1.93. The molecule has 0 aromatic carbocycles. The van der Waals surface area contributed by atoms with E-state index in [9.17, 15) is 9.90 Å². The van der Waals surface area contributed by atoms with Crippen LogP contribution >= 0.6 is 0 Å². The Morgan fingerprint density at radius 1 is 1.71 bits per heavy atom. The molecule has 14 heavy (non-hydrogen) atoms. The maximum Gasteiger partial charge on any atom is 0.384 e. The largest absolute Gasteiger partial charge is 0.505 e. The van der Waals surface area contributed by atoms with Crippen LogP contribution in [0.1, 0.15) is 12.6 Å².